The number of likely N-dealkylation sites (N-methyl/N-ethyl adjacent to an activating group) is 1. The van der Waals surface area contributed by atoms with Crippen molar-refractivity contribution in [1.29, 1.82) is 0 Å². The highest BCUT2D eigenvalue weighted by molar-refractivity contribution is 6.40. The number of hydrogen-bond donors (Lipinski definition) is 1. The van der Waals surface area contributed by atoms with Gasteiger partial charge in [0.15, 0.2) is 0 Å². The predicted molar refractivity (Wildman–Crippen MR) is 78.4 cm³/mol. The molecule has 23 heavy (non-hydrogen) atoms. The Balaban J connectivity index is 2.10. The van der Waals surface area contributed by atoms with E-state index >= 15 is 0 Å². The van der Waals surface area contributed by atoms with Crippen LogP contribution in [0.5, 0.6) is 0 Å². The molecule has 1 fully saturated rings. The third kappa shape index (κ3) is 3.64. The van der Waals surface area contributed by atoms with Crippen LogP contribution in [0.2, 0.25) is 0 Å². The molecule has 1 N–H and O–H groups in total. The van der Waals surface area contributed by atoms with Gasteiger partial charge in [-0.15, -0.1) is 0 Å². The zero-order valence-electron chi connectivity index (χ0n) is 12.8. The van der Waals surface area contributed by atoms with Gasteiger partial charge in [0.25, 0.3) is 0 Å². The van der Waals surface area contributed by atoms with Crippen LogP contribution >= 0.6 is 0 Å². The van der Waals surface area contributed by atoms with Gasteiger partial charge in [0.2, 0.25) is 5.91 Å². The molecule has 8 heteroatoms. The number of carbonyl (C=O) groups is 3. The van der Waals surface area contributed by atoms with Gasteiger partial charge in [-0.05, 0) is 25.0 Å². The molecule has 1 aromatic carbocycles. The van der Waals surface area contributed by atoms with Crippen molar-refractivity contribution in [2.45, 2.75) is 18.9 Å². The molecule has 1 atom stereocenters. The minimum Gasteiger partial charge on any atom is -0.347 e. The fourth-order valence-electron chi connectivity index (χ4n) is 2.46. The largest absolute Gasteiger partial charge is 0.347 e. The Morgan fingerprint density at radius 2 is 1.96 bits per heavy atom. The molecule has 0 aliphatic carbocycles. The van der Waals surface area contributed by atoms with E-state index in [1.54, 1.807) is 14.1 Å². The maximum Gasteiger partial charge on any atom is 0.314 e. The molecule has 124 valence electrons. The van der Waals surface area contributed by atoms with Crippen molar-refractivity contribution in [1.82, 2.24) is 9.80 Å². The van der Waals surface area contributed by atoms with Crippen LogP contribution in [0, 0.1) is 11.6 Å². The number of nitrogens with one attached hydrogen (secondary N) is 1. The Morgan fingerprint density at radius 3 is 2.57 bits per heavy atom. The van der Waals surface area contributed by atoms with Gasteiger partial charge in [-0.1, -0.05) is 0 Å². The zero-order chi connectivity index (χ0) is 17.1. The molecule has 0 radical (unpaired) electrons. The zero-order valence-corrected chi connectivity index (χ0v) is 12.8. The van der Waals surface area contributed by atoms with E-state index in [-0.39, 0.29) is 18.1 Å². The van der Waals surface area contributed by atoms with Gasteiger partial charge >= 0.3 is 11.8 Å². The number of anilines is 1. The third-order valence-electron chi connectivity index (χ3n) is 3.61. The Morgan fingerprint density at radius 1 is 1.26 bits per heavy atom. The van der Waals surface area contributed by atoms with E-state index in [1.807, 2.05) is 0 Å². The SMILES string of the molecule is CN(C)C(=O)C1CCCN1C(=O)C(=O)Nc1ccc(F)cc1F. The molecule has 1 heterocycles. The lowest BCUT2D eigenvalue weighted by molar-refractivity contribution is -0.147. The van der Waals surface area contributed by atoms with E-state index in [0.717, 1.165) is 12.1 Å². The molecule has 6 nitrogen and oxygen atoms in total. The van der Waals surface area contributed by atoms with Crippen LogP contribution in [0.25, 0.3) is 0 Å². The molecular formula is C15H17F2N3O3. The highest BCUT2D eigenvalue weighted by Crippen LogP contribution is 2.20. The van der Waals surface area contributed by atoms with Crippen molar-refractivity contribution in [3.8, 4) is 0 Å². The van der Waals surface area contributed by atoms with Crippen LogP contribution in [0.15, 0.2) is 18.2 Å². The van der Waals surface area contributed by atoms with Crippen LogP contribution < -0.4 is 5.32 Å². The van der Waals surface area contributed by atoms with Gasteiger partial charge in [0.05, 0.1) is 5.69 Å². The van der Waals surface area contributed by atoms with Gasteiger partial charge in [-0.3, -0.25) is 14.4 Å². The monoisotopic (exact) mass is 325 g/mol. The summed E-state index contributed by atoms with van der Waals surface area (Å²) in [7, 11) is 3.13. The topological polar surface area (TPSA) is 69.7 Å². The van der Waals surface area contributed by atoms with Crippen LogP contribution in [0.4, 0.5) is 14.5 Å². The fraction of sp³-hybridized carbons (Fsp3) is 0.400. The summed E-state index contributed by atoms with van der Waals surface area (Å²) >= 11 is 0. The second-order valence-corrected chi connectivity index (χ2v) is 5.47. The van der Waals surface area contributed by atoms with E-state index in [4.69, 9.17) is 0 Å². The first-order chi connectivity index (χ1) is 10.8. The maximum absolute atomic E-state index is 13.5. The van der Waals surface area contributed by atoms with Gasteiger partial charge in [0, 0.05) is 26.7 Å². The number of carbonyl (C=O) groups excluding carboxylic acids is 3. The second-order valence-electron chi connectivity index (χ2n) is 5.47. The quantitative estimate of drug-likeness (QED) is 0.824. The number of hydrogen-bond acceptors (Lipinski definition) is 3. The van der Waals surface area contributed by atoms with E-state index in [9.17, 15) is 23.2 Å². The molecule has 1 aliphatic heterocycles. The number of benzene rings is 1. The lowest BCUT2D eigenvalue weighted by Gasteiger charge is -2.25. The van der Waals surface area contributed by atoms with Gasteiger partial charge < -0.3 is 15.1 Å². The Bertz CT molecular complexity index is 649. The van der Waals surface area contributed by atoms with Crippen molar-refractivity contribution in [2.24, 2.45) is 0 Å². The summed E-state index contributed by atoms with van der Waals surface area (Å²) in [5.41, 5.74) is -0.292. The van der Waals surface area contributed by atoms with Crippen molar-refractivity contribution < 1.29 is 23.2 Å². The lowest BCUT2D eigenvalue weighted by atomic mass is 10.2. The summed E-state index contributed by atoms with van der Waals surface area (Å²) < 4.78 is 26.4. The molecule has 0 aromatic heterocycles. The number of amides is 3. The average Bonchev–Trinajstić information content (AvgIpc) is 2.97. The molecule has 0 saturated carbocycles. The molecular weight excluding hydrogens is 308 g/mol. The van der Waals surface area contributed by atoms with E-state index < -0.39 is 29.5 Å². The second kappa shape index (κ2) is 6.72. The first-order valence-electron chi connectivity index (χ1n) is 7.09. The van der Waals surface area contributed by atoms with Crippen LogP contribution in [-0.4, -0.2) is 54.2 Å². The molecule has 1 saturated heterocycles. The summed E-state index contributed by atoms with van der Waals surface area (Å²) in [6.45, 7) is 0.280. The van der Waals surface area contributed by atoms with Gasteiger partial charge in [0.1, 0.15) is 17.7 Å². The summed E-state index contributed by atoms with van der Waals surface area (Å²) in [6, 6.07) is 1.91. The van der Waals surface area contributed by atoms with Crippen molar-refractivity contribution in [3.63, 3.8) is 0 Å². The molecule has 3 amide bonds. The smallest absolute Gasteiger partial charge is 0.314 e. The highest BCUT2D eigenvalue weighted by Gasteiger charge is 2.37. The normalized spacial score (nSPS) is 17.0. The van der Waals surface area contributed by atoms with Crippen molar-refractivity contribution >= 4 is 23.4 Å². The molecule has 0 bridgehead atoms. The van der Waals surface area contributed by atoms with Crippen LogP contribution in [-0.2, 0) is 14.4 Å². The van der Waals surface area contributed by atoms with Crippen LogP contribution in [0.3, 0.4) is 0 Å². The summed E-state index contributed by atoms with van der Waals surface area (Å²) in [6.07, 6.45) is 1.08. The number of nitrogens with zero attached hydrogens (tertiary/aromatic N) is 2. The molecule has 1 unspecified atom stereocenters. The third-order valence-corrected chi connectivity index (χ3v) is 3.61. The molecule has 0 spiro atoms. The van der Waals surface area contributed by atoms with Crippen molar-refractivity contribution in [2.75, 3.05) is 26.0 Å². The van der Waals surface area contributed by atoms with Crippen LogP contribution in [0.1, 0.15) is 12.8 Å². The first kappa shape index (κ1) is 16.9. The Hall–Kier alpha value is -2.51. The minimum atomic E-state index is -1.06. The first-order valence-corrected chi connectivity index (χ1v) is 7.09. The molecule has 2 rings (SSSR count). The minimum absolute atomic E-state index is 0.267. The Kier molecular flexibility index (Phi) is 4.92. The fourth-order valence-corrected chi connectivity index (χ4v) is 2.46. The summed E-state index contributed by atoms with van der Waals surface area (Å²) in [4.78, 5) is 38.8. The summed E-state index contributed by atoms with van der Waals surface area (Å²) in [5, 5.41) is 2.11. The van der Waals surface area contributed by atoms with Gasteiger partial charge in [-0.2, -0.15) is 0 Å². The molecule has 1 aromatic rings. The van der Waals surface area contributed by atoms with Crippen molar-refractivity contribution in [3.05, 3.63) is 29.8 Å². The standard InChI is InChI=1S/C15H17F2N3O3/c1-19(2)14(22)12-4-3-7-20(12)15(23)13(21)18-11-6-5-9(16)8-10(11)17/h5-6,8,12H,3-4,7H2,1-2H3,(H,18,21). The average molecular weight is 325 g/mol. The van der Waals surface area contributed by atoms with Gasteiger partial charge in [-0.25, -0.2) is 8.78 Å². The number of likely N-dealkylation sites (tertiary alicyclic amines) is 1. The van der Waals surface area contributed by atoms with E-state index in [0.29, 0.717) is 18.9 Å². The number of halogens is 2. The maximum atomic E-state index is 13.5. The predicted octanol–water partition coefficient (Wildman–Crippen LogP) is 0.982. The summed E-state index contributed by atoms with van der Waals surface area (Å²) in [5.74, 6) is -4.01. The number of rotatable bonds is 2. The lowest BCUT2D eigenvalue weighted by Crippen LogP contribution is -2.49. The van der Waals surface area contributed by atoms with E-state index in [1.165, 1.54) is 9.80 Å². The Labute approximate surface area is 132 Å². The molecule has 1 aliphatic rings. The van der Waals surface area contributed by atoms with E-state index in [2.05, 4.69) is 5.32 Å². The highest BCUT2D eigenvalue weighted by atomic mass is 19.1.